The van der Waals surface area contributed by atoms with Gasteiger partial charge in [0.15, 0.2) is 0 Å². The predicted molar refractivity (Wildman–Crippen MR) is 158 cm³/mol. The van der Waals surface area contributed by atoms with Crippen molar-refractivity contribution in [2.75, 3.05) is 0 Å². The Morgan fingerprint density at radius 1 is 0.618 bits per heavy atom. The van der Waals surface area contributed by atoms with Gasteiger partial charge in [-0.05, 0) is 175 Å². The zero-order valence-electron chi connectivity index (χ0n) is 20.5. The van der Waals surface area contributed by atoms with Gasteiger partial charge in [-0.1, -0.05) is 12.2 Å². The Hall–Kier alpha value is -0.940. The monoisotopic (exact) mass is 610 g/mol. The molecule has 0 radical (unpaired) electrons. The van der Waals surface area contributed by atoms with Crippen molar-refractivity contribution in [3.63, 3.8) is 0 Å². The van der Waals surface area contributed by atoms with Gasteiger partial charge in [-0.3, -0.25) is 0 Å². The van der Waals surface area contributed by atoms with E-state index in [9.17, 15) is 0 Å². The normalized spacial score (nSPS) is 28.0. The minimum Gasteiger partial charge on any atom is -0.118 e. The van der Waals surface area contributed by atoms with Crippen LogP contribution in [0.4, 0.5) is 0 Å². The summed E-state index contributed by atoms with van der Waals surface area (Å²) in [4.78, 5) is 2.91. The second-order valence-corrected chi connectivity index (χ2v) is 14.3. The molecule has 6 aliphatic rings. The molecule has 34 heavy (non-hydrogen) atoms. The van der Waals surface area contributed by atoms with Gasteiger partial charge < -0.3 is 0 Å². The van der Waals surface area contributed by atoms with Gasteiger partial charge in [-0.25, -0.2) is 0 Å². The highest BCUT2D eigenvalue weighted by molar-refractivity contribution is 9.12. The molecular weight excluding hydrogens is 584 g/mol. The van der Waals surface area contributed by atoms with E-state index in [0.29, 0.717) is 10.5 Å². The van der Waals surface area contributed by atoms with Crippen LogP contribution < -0.4 is 0 Å². The third kappa shape index (κ3) is 3.31. The van der Waals surface area contributed by atoms with E-state index in [1.807, 2.05) is 23.5 Å². The molecule has 174 valence electrons. The Bertz CT molecular complexity index is 1300. The summed E-state index contributed by atoms with van der Waals surface area (Å²) in [7, 11) is 0. The number of rotatable bonds is 3. The second-order valence-electron chi connectivity index (χ2n) is 9.99. The van der Waals surface area contributed by atoms with Crippen LogP contribution in [-0.4, -0.2) is 10.5 Å². The van der Waals surface area contributed by atoms with Gasteiger partial charge in [0.25, 0.3) is 0 Å². The summed E-state index contributed by atoms with van der Waals surface area (Å²) in [5.74, 6) is 0. The molecular formula is C30H28Br2S2. The third-order valence-corrected chi connectivity index (χ3v) is 12.4. The van der Waals surface area contributed by atoms with E-state index in [0.717, 1.165) is 12.8 Å². The van der Waals surface area contributed by atoms with Crippen molar-refractivity contribution in [1.82, 2.24) is 0 Å². The van der Waals surface area contributed by atoms with E-state index >= 15 is 0 Å². The maximum atomic E-state index is 3.99. The van der Waals surface area contributed by atoms with E-state index in [1.54, 1.807) is 0 Å². The van der Waals surface area contributed by atoms with Crippen molar-refractivity contribution in [2.24, 2.45) is 0 Å². The fourth-order valence-corrected chi connectivity index (χ4v) is 10.7. The maximum Gasteiger partial charge on any atom is 0.0544 e. The topological polar surface area (TPSA) is 0 Å². The quantitative estimate of drug-likeness (QED) is 0.311. The molecule has 0 amide bonds. The summed E-state index contributed by atoms with van der Waals surface area (Å²) < 4.78 is 2.61. The van der Waals surface area contributed by atoms with E-state index in [4.69, 9.17) is 0 Å². The van der Waals surface area contributed by atoms with E-state index < -0.39 is 0 Å². The zero-order valence-corrected chi connectivity index (χ0v) is 25.3. The van der Waals surface area contributed by atoms with Gasteiger partial charge >= 0.3 is 0 Å². The van der Waals surface area contributed by atoms with Crippen molar-refractivity contribution in [2.45, 2.75) is 64.9 Å². The fourth-order valence-electron chi connectivity index (χ4n) is 6.06. The number of hydrogen-bond donors (Lipinski definition) is 0. The van der Waals surface area contributed by atoms with Crippen molar-refractivity contribution in [3.05, 3.63) is 110 Å². The average molecular weight is 612 g/mol. The largest absolute Gasteiger partial charge is 0.118 e. The first-order valence-electron chi connectivity index (χ1n) is 11.9. The maximum absolute atomic E-state index is 3.99. The Balaban J connectivity index is 1.26. The van der Waals surface area contributed by atoms with Crippen LogP contribution in [0.25, 0.3) is 0 Å². The smallest absolute Gasteiger partial charge is 0.0544 e. The highest BCUT2D eigenvalue weighted by Gasteiger charge is 2.37. The molecule has 4 heteroatoms. The van der Waals surface area contributed by atoms with Crippen LogP contribution in [0, 0.1) is 0 Å². The molecule has 0 saturated carbocycles. The molecule has 0 N–H and O–H groups in total. The summed E-state index contributed by atoms with van der Waals surface area (Å²) in [5, 5.41) is 0.893. The van der Waals surface area contributed by atoms with Gasteiger partial charge in [0.05, 0.1) is 10.5 Å². The lowest BCUT2D eigenvalue weighted by atomic mass is 9.85. The molecule has 0 bridgehead atoms. The molecule has 0 aromatic carbocycles. The third-order valence-electron chi connectivity index (χ3n) is 8.15. The minimum absolute atomic E-state index is 0.446. The van der Waals surface area contributed by atoms with Crippen LogP contribution in [0.1, 0.15) is 54.4 Å². The molecule has 0 aromatic rings. The molecule has 0 aromatic heterocycles. The molecule has 6 rings (SSSR count). The molecule has 2 heterocycles. The Morgan fingerprint density at radius 2 is 1.00 bits per heavy atom. The zero-order chi connectivity index (χ0) is 24.0. The summed E-state index contributed by atoms with van der Waals surface area (Å²) in [6.45, 7) is 13.6. The van der Waals surface area contributed by atoms with Crippen LogP contribution in [0.3, 0.4) is 0 Å². The molecule has 0 spiro atoms. The molecule has 0 nitrogen and oxygen atoms in total. The lowest BCUT2D eigenvalue weighted by Gasteiger charge is -2.24. The van der Waals surface area contributed by atoms with Crippen LogP contribution in [-0.2, 0) is 0 Å². The summed E-state index contributed by atoms with van der Waals surface area (Å²) >= 11 is 12.0. The molecule has 0 saturated heterocycles. The van der Waals surface area contributed by atoms with E-state index in [2.05, 4.69) is 97.7 Å². The fraction of sp³-hybridized carbons (Fsp3) is 0.333. The van der Waals surface area contributed by atoms with Crippen LogP contribution in [0.5, 0.6) is 0 Å². The summed E-state index contributed by atoms with van der Waals surface area (Å²) in [6.07, 6.45) is 12.0. The number of hydrogen-bond acceptors (Lipinski definition) is 2. The van der Waals surface area contributed by atoms with E-state index in [-0.39, 0.29) is 0 Å². The second kappa shape index (κ2) is 8.30. The van der Waals surface area contributed by atoms with Crippen LogP contribution in [0.2, 0.25) is 0 Å². The molecule has 2 aliphatic heterocycles. The average Bonchev–Trinajstić information content (AvgIpc) is 3.45. The van der Waals surface area contributed by atoms with Crippen LogP contribution in [0.15, 0.2) is 110 Å². The van der Waals surface area contributed by atoms with Gasteiger partial charge in [0.1, 0.15) is 0 Å². The highest BCUT2D eigenvalue weighted by Crippen LogP contribution is 2.55. The first kappa shape index (κ1) is 23.5. The van der Waals surface area contributed by atoms with Crippen molar-refractivity contribution in [1.29, 1.82) is 0 Å². The lowest BCUT2D eigenvalue weighted by Crippen LogP contribution is -2.11. The number of thioether (sulfide) groups is 2. The summed E-state index contributed by atoms with van der Waals surface area (Å²) in [5.41, 5.74) is 17.4. The molecule has 2 atom stereocenters. The van der Waals surface area contributed by atoms with Gasteiger partial charge in [0.2, 0.25) is 0 Å². The number of allylic oxidation sites excluding steroid dienone is 16. The van der Waals surface area contributed by atoms with Crippen LogP contribution >= 0.6 is 55.4 Å². The first-order valence-corrected chi connectivity index (χ1v) is 15.3. The Labute approximate surface area is 228 Å². The minimum atomic E-state index is 0.446. The number of fused-ring (bicyclic) bond motifs is 4. The standard InChI is InChI=1S/C30H28Br2S2/c1-13-9-23-21(11-25-27(29(23)31)15(3)17(5)33-25)19(13)7-8-20-14(2)10-24-22(20)12-26-28(30(24)32)16(4)18(6)34-26/h9-12,25-26H,7-8H2,1-6H3. The summed E-state index contributed by atoms with van der Waals surface area (Å²) in [6, 6.07) is 0. The van der Waals surface area contributed by atoms with Gasteiger partial charge in [0, 0.05) is 8.96 Å². The Morgan fingerprint density at radius 3 is 1.38 bits per heavy atom. The van der Waals surface area contributed by atoms with E-state index in [1.165, 1.54) is 85.7 Å². The lowest BCUT2D eigenvalue weighted by molar-refractivity contribution is 0.930. The molecule has 0 fully saturated rings. The number of halogens is 2. The van der Waals surface area contributed by atoms with Crippen molar-refractivity contribution >= 4 is 55.4 Å². The molecule has 4 aliphatic carbocycles. The van der Waals surface area contributed by atoms with Crippen molar-refractivity contribution in [3.8, 4) is 0 Å². The predicted octanol–water partition coefficient (Wildman–Crippen LogP) is 10.3. The van der Waals surface area contributed by atoms with Gasteiger partial charge in [-0.2, -0.15) is 0 Å². The van der Waals surface area contributed by atoms with Gasteiger partial charge in [-0.15, -0.1) is 23.5 Å². The van der Waals surface area contributed by atoms with Crippen molar-refractivity contribution < 1.29 is 0 Å². The first-order chi connectivity index (χ1) is 16.2. The highest BCUT2D eigenvalue weighted by atomic mass is 79.9. The SMILES string of the molecule is CC1=C(CCC2=C(C)C=C3C2=CC2SC(C)=C(C)C2=C3Br)C2=CC3SC(C)=C(C)C3=C(Br)C2=C1. The Kier molecular flexibility index (Phi) is 5.72. The molecule has 2 unspecified atom stereocenters.